The maximum absolute atomic E-state index is 11.5. The van der Waals surface area contributed by atoms with Crippen molar-refractivity contribution in [3.8, 4) is 28.4 Å². The van der Waals surface area contributed by atoms with Gasteiger partial charge in [-0.1, -0.05) is 60.5 Å². The number of carbonyl (C=O) groups excluding carboxylic acids is 1. The van der Waals surface area contributed by atoms with E-state index in [1.165, 1.54) is 0 Å². The molecule has 0 radical (unpaired) electrons. The Balaban J connectivity index is 1.91. The van der Waals surface area contributed by atoms with Gasteiger partial charge in [-0.05, 0) is 35.9 Å². The predicted molar refractivity (Wildman–Crippen MR) is 109 cm³/mol. The fourth-order valence-corrected chi connectivity index (χ4v) is 3.09. The van der Waals surface area contributed by atoms with Crippen molar-refractivity contribution in [3.05, 3.63) is 70.7 Å². The topological polar surface area (TPSA) is 58.6 Å². The average Bonchev–Trinajstić information content (AvgIpc) is 2.66. The Hall–Kier alpha value is -2.69. The Morgan fingerprint density at radius 2 is 1.70 bits per heavy atom. The van der Waals surface area contributed by atoms with Gasteiger partial charge in [-0.2, -0.15) is 0 Å². The summed E-state index contributed by atoms with van der Waals surface area (Å²) in [5.41, 5.74) is 1.99. The van der Waals surface area contributed by atoms with Gasteiger partial charge in [0.2, 0.25) is 5.91 Å². The van der Waals surface area contributed by atoms with Crippen LogP contribution in [0.1, 0.15) is 13.3 Å². The molecule has 0 aliphatic carbocycles. The van der Waals surface area contributed by atoms with Gasteiger partial charge in [0.25, 0.3) is 0 Å². The van der Waals surface area contributed by atoms with E-state index < -0.39 is 0 Å². The van der Waals surface area contributed by atoms with Crippen LogP contribution in [0.3, 0.4) is 0 Å². The standard InChI is InChI=1S/C21H17Cl2NO3/c1-2-20(26)24-14-10-17(22)21(18(23)11-14)27-15-8-9-19(25)16(12-15)13-6-4-3-5-7-13/h3-12,25H,2H2,1H3,(H,24,26). The minimum atomic E-state index is -0.137. The zero-order chi connectivity index (χ0) is 19.4. The van der Waals surface area contributed by atoms with E-state index in [9.17, 15) is 9.90 Å². The third-order valence-electron chi connectivity index (χ3n) is 3.88. The highest BCUT2D eigenvalue weighted by Gasteiger charge is 2.14. The molecule has 0 fully saturated rings. The Kier molecular flexibility index (Phi) is 5.89. The van der Waals surface area contributed by atoms with Crippen LogP contribution in [0.5, 0.6) is 17.2 Å². The van der Waals surface area contributed by atoms with Crippen LogP contribution >= 0.6 is 23.2 Å². The first-order valence-corrected chi connectivity index (χ1v) is 9.08. The number of benzene rings is 3. The molecule has 6 heteroatoms. The molecule has 0 saturated heterocycles. The predicted octanol–water partition coefficient (Wildman–Crippen LogP) is 6.51. The first-order chi connectivity index (χ1) is 13.0. The lowest BCUT2D eigenvalue weighted by molar-refractivity contribution is -0.115. The van der Waals surface area contributed by atoms with E-state index in [4.69, 9.17) is 27.9 Å². The van der Waals surface area contributed by atoms with Crippen molar-refractivity contribution in [2.24, 2.45) is 0 Å². The van der Waals surface area contributed by atoms with Crippen LogP contribution in [-0.2, 0) is 4.79 Å². The number of hydrogen-bond acceptors (Lipinski definition) is 3. The van der Waals surface area contributed by atoms with E-state index in [-0.39, 0.29) is 27.5 Å². The van der Waals surface area contributed by atoms with Crippen LogP contribution in [0.2, 0.25) is 10.0 Å². The molecule has 0 spiro atoms. The summed E-state index contributed by atoms with van der Waals surface area (Å²) in [6.07, 6.45) is 0.350. The Morgan fingerprint density at radius 1 is 1.04 bits per heavy atom. The van der Waals surface area contributed by atoms with E-state index >= 15 is 0 Å². The molecule has 3 aromatic rings. The van der Waals surface area contributed by atoms with Gasteiger partial charge in [-0.25, -0.2) is 0 Å². The third kappa shape index (κ3) is 4.54. The van der Waals surface area contributed by atoms with Gasteiger partial charge >= 0.3 is 0 Å². The van der Waals surface area contributed by atoms with Gasteiger partial charge in [0.15, 0.2) is 5.75 Å². The molecule has 2 N–H and O–H groups in total. The van der Waals surface area contributed by atoms with Crippen LogP contribution in [0, 0.1) is 0 Å². The summed E-state index contributed by atoms with van der Waals surface area (Å²) in [5, 5.41) is 13.4. The first kappa shape index (κ1) is 19.1. The van der Waals surface area contributed by atoms with Crippen molar-refractivity contribution in [3.63, 3.8) is 0 Å². The minimum Gasteiger partial charge on any atom is -0.507 e. The van der Waals surface area contributed by atoms with Crippen LogP contribution in [0.4, 0.5) is 5.69 Å². The van der Waals surface area contributed by atoms with Crippen LogP contribution < -0.4 is 10.1 Å². The molecule has 0 aromatic heterocycles. The summed E-state index contributed by atoms with van der Waals surface area (Å²) in [6, 6.07) is 17.5. The zero-order valence-corrected chi connectivity index (χ0v) is 16.0. The van der Waals surface area contributed by atoms with Gasteiger partial charge in [0, 0.05) is 17.7 Å². The number of aromatic hydroxyl groups is 1. The molecule has 3 aromatic carbocycles. The molecule has 0 atom stereocenters. The smallest absolute Gasteiger partial charge is 0.224 e. The molecule has 0 unspecified atom stereocenters. The highest BCUT2D eigenvalue weighted by molar-refractivity contribution is 6.37. The summed E-state index contributed by atoms with van der Waals surface area (Å²) >= 11 is 12.6. The molecule has 138 valence electrons. The number of nitrogens with one attached hydrogen (secondary N) is 1. The minimum absolute atomic E-state index is 0.137. The van der Waals surface area contributed by atoms with Gasteiger partial charge in [-0.3, -0.25) is 4.79 Å². The second-order valence-electron chi connectivity index (χ2n) is 5.82. The molecule has 0 heterocycles. The van der Waals surface area contributed by atoms with Crippen LogP contribution in [0.25, 0.3) is 11.1 Å². The average molecular weight is 402 g/mol. The molecular weight excluding hydrogens is 385 g/mol. The number of anilines is 1. The second-order valence-corrected chi connectivity index (χ2v) is 6.63. The lowest BCUT2D eigenvalue weighted by Crippen LogP contribution is -2.09. The van der Waals surface area contributed by atoms with E-state index in [1.54, 1.807) is 37.3 Å². The molecule has 27 heavy (non-hydrogen) atoms. The highest BCUT2D eigenvalue weighted by atomic mass is 35.5. The van der Waals surface area contributed by atoms with Crippen molar-refractivity contribution in [2.45, 2.75) is 13.3 Å². The van der Waals surface area contributed by atoms with E-state index in [0.717, 1.165) is 5.56 Å². The van der Waals surface area contributed by atoms with Gasteiger partial charge in [0.05, 0.1) is 10.0 Å². The Labute approximate surface area is 167 Å². The fraction of sp³-hybridized carbons (Fsp3) is 0.0952. The first-order valence-electron chi connectivity index (χ1n) is 8.33. The molecule has 3 rings (SSSR count). The van der Waals surface area contributed by atoms with Crippen LogP contribution in [0.15, 0.2) is 60.7 Å². The van der Waals surface area contributed by atoms with Gasteiger partial charge in [0.1, 0.15) is 11.5 Å². The van der Waals surface area contributed by atoms with Gasteiger partial charge in [-0.15, -0.1) is 0 Å². The largest absolute Gasteiger partial charge is 0.507 e. The van der Waals surface area contributed by atoms with Crippen molar-refractivity contribution >= 4 is 34.8 Å². The summed E-state index contributed by atoms with van der Waals surface area (Å²) in [5.74, 6) is 0.753. The fourth-order valence-electron chi connectivity index (χ4n) is 2.52. The number of rotatable bonds is 5. The SMILES string of the molecule is CCC(=O)Nc1cc(Cl)c(Oc2ccc(O)c(-c3ccccc3)c2)c(Cl)c1. The lowest BCUT2D eigenvalue weighted by Gasteiger charge is -2.13. The second kappa shape index (κ2) is 8.33. The van der Waals surface area contributed by atoms with E-state index in [0.29, 0.717) is 23.4 Å². The number of hydrogen-bond donors (Lipinski definition) is 2. The number of phenols is 1. The lowest BCUT2D eigenvalue weighted by atomic mass is 10.0. The molecule has 0 saturated carbocycles. The maximum Gasteiger partial charge on any atom is 0.224 e. The third-order valence-corrected chi connectivity index (χ3v) is 4.44. The highest BCUT2D eigenvalue weighted by Crippen LogP contribution is 2.41. The number of phenolic OH excluding ortho intramolecular Hbond substituents is 1. The summed E-state index contributed by atoms with van der Waals surface area (Å²) < 4.78 is 5.86. The van der Waals surface area contributed by atoms with Crippen molar-refractivity contribution in [1.82, 2.24) is 0 Å². The molecular formula is C21H17Cl2NO3. The number of halogens is 2. The Morgan fingerprint density at radius 3 is 2.33 bits per heavy atom. The quantitative estimate of drug-likeness (QED) is 0.512. The van der Waals surface area contributed by atoms with Crippen molar-refractivity contribution in [1.29, 1.82) is 0 Å². The van der Waals surface area contributed by atoms with E-state index in [1.807, 2.05) is 30.3 Å². The number of ether oxygens (including phenoxy) is 1. The van der Waals surface area contributed by atoms with Crippen molar-refractivity contribution < 1.29 is 14.6 Å². The molecule has 1 amide bonds. The summed E-state index contributed by atoms with van der Waals surface area (Å²) in [4.78, 5) is 11.5. The normalized spacial score (nSPS) is 10.5. The molecule has 0 aliphatic rings. The summed E-state index contributed by atoms with van der Waals surface area (Å²) in [6.45, 7) is 1.76. The number of amides is 1. The number of carbonyl (C=O) groups is 1. The molecule has 4 nitrogen and oxygen atoms in total. The van der Waals surface area contributed by atoms with Crippen molar-refractivity contribution in [2.75, 3.05) is 5.32 Å². The van der Waals surface area contributed by atoms with Gasteiger partial charge < -0.3 is 15.2 Å². The summed E-state index contributed by atoms with van der Waals surface area (Å²) in [7, 11) is 0. The molecule has 0 aliphatic heterocycles. The monoisotopic (exact) mass is 401 g/mol. The van der Waals surface area contributed by atoms with Crippen LogP contribution in [-0.4, -0.2) is 11.0 Å². The maximum atomic E-state index is 11.5. The zero-order valence-electron chi connectivity index (χ0n) is 14.5. The van der Waals surface area contributed by atoms with E-state index in [2.05, 4.69) is 5.32 Å². The Bertz CT molecular complexity index is 951. The molecule has 0 bridgehead atoms.